The molecule has 0 radical (unpaired) electrons. The average molecular weight is 817 g/mol. The number of hydrogen-bond acceptors (Lipinski definition) is 5. The molecular weight excluding hydrogens is 717 g/mol. The highest BCUT2D eigenvalue weighted by atomic mass is 16.6. The van der Waals surface area contributed by atoms with Crippen LogP contribution >= 0.6 is 0 Å². The van der Waals surface area contributed by atoms with E-state index in [-0.39, 0.29) is 25.2 Å². The van der Waals surface area contributed by atoms with Crippen LogP contribution in [0, 0.1) is 0 Å². The maximum absolute atomic E-state index is 12.2. The van der Waals surface area contributed by atoms with Crippen LogP contribution in [0.2, 0.25) is 0 Å². The molecule has 0 aromatic rings. The van der Waals surface area contributed by atoms with Crippen molar-refractivity contribution in [1.82, 2.24) is 0 Å². The number of aliphatic hydroxyl groups excluding tert-OH is 1. The van der Waals surface area contributed by atoms with Crippen LogP contribution in [0.5, 0.6) is 0 Å². The van der Waals surface area contributed by atoms with Crippen LogP contribution in [0.1, 0.15) is 284 Å². The Morgan fingerprint density at radius 3 is 1.02 bits per heavy atom. The van der Waals surface area contributed by atoms with Gasteiger partial charge in [0.1, 0.15) is 6.61 Å². The number of unbranched alkanes of at least 4 members (excludes halogenated alkanes) is 36. The molecule has 0 heterocycles. The molecule has 0 aromatic carbocycles. The first-order chi connectivity index (χ1) is 28.6. The summed E-state index contributed by atoms with van der Waals surface area (Å²) in [6, 6.07) is 0. The summed E-state index contributed by atoms with van der Waals surface area (Å²) in [7, 11) is 0. The van der Waals surface area contributed by atoms with Gasteiger partial charge in [-0.05, 0) is 44.9 Å². The quantitative estimate of drug-likeness (QED) is 0.0376. The summed E-state index contributed by atoms with van der Waals surface area (Å²) in [5.41, 5.74) is 0. The highest BCUT2D eigenvalue weighted by Crippen LogP contribution is 2.17. The highest BCUT2D eigenvalue weighted by molar-refractivity contribution is 5.70. The van der Waals surface area contributed by atoms with Crippen LogP contribution in [-0.2, 0) is 19.1 Å². The topological polar surface area (TPSA) is 72.8 Å². The van der Waals surface area contributed by atoms with Gasteiger partial charge in [0, 0.05) is 12.8 Å². The Labute approximate surface area is 362 Å². The largest absolute Gasteiger partial charge is 0.462 e. The van der Waals surface area contributed by atoms with Crippen molar-refractivity contribution < 1.29 is 24.2 Å². The fourth-order valence-electron chi connectivity index (χ4n) is 7.82. The standard InChI is InChI=1S/C53H100O5/c1-3-5-7-9-11-13-15-16-17-18-19-20-21-22-23-24-25-26-27-28-29-30-31-32-33-34-35-36-38-40-42-44-46-48-53(56)58-51(49-54)50-57-52(55)47-45-43-41-39-37-14-12-10-8-6-4-2/h15-16,18-19,51,54H,3-14,17,20-50H2,1-2H3/b16-15-,19-18-. The second-order valence-electron chi connectivity index (χ2n) is 17.6. The van der Waals surface area contributed by atoms with Gasteiger partial charge in [0.15, 0.2) is 6.10 Å². The lowest BCUT2D eigenvalue weighted by Crippen LogP contribution is -2.28. The molecule has 1 unspecified atom stereocenters. The molecule has 0 spiro atoms. The molecule has 5 heteroatoms. The van der Waals surface area contributed by atoms with E-state index >= 15 is 0 Å². The molecule has 0 saturated carbocycles. The van der Waals surface area contributed by atoms with E-state index in [1.807, 2.05) is 0 Å². The summed E-state index contributed by atoms with van der Waals surface area (Å²) in [5.74, 6) is -0.576. The Morgan fingerprint density at radius 1 is 0.397 bits per heavy atom. The van der Waals surface area contributed by atoms with Crippen molar-refractivity contribution in [2.24, 2.45) is 0 Å². The third kappa shape index (κ3) is 47.1. The van der Waals surface area contributed by atoms with E-state index in [1.54, 1.807) is 0 Å². The molecule has 58 heavy (non-hydrogen) atoms. The minimum absolute atomic E-state index is 0.0590. The first-order valence-electron chi connectivity index (χ1n) is 25.9. The van der Waals surface area contributed by atoms with Crippen LogP contribution in [-0.4, -0.2) is 36.4 Å². The Hall–Kier alpha value is -1.62. The Balaban J connectivity index is 3.38. The van der Waals surface area contributed by atoms with Gasteiger partial charge >= 0.3 is 11.9 Å². The summed E-state index contributed by atoms with van der Waals surface area (Å²) in [6.45, 7) is 4.15. The minimum Gasteiger partial charge on any atom is -0.462 e. The number of rotatable bonds is 48. The van der Waals surface area contributed by atoms with Crippen LogP contribution in [0.25, 0.3) is 0 Å². The Bertz CT molecular complexity index is 882. The van der Waals surface area contributed by atoms with Gasteiger partial charge in [-0.2, -0.15) is 0 Å². The summed E-state index contributed by atoms with van der Waals surface area (Å²) in [6.07, 6.45) is 61.5. The number of aliphatic hydroxyl groups is 1. The lowest BCUT2D eigenvalue weighted by atomic mass is 10.0. The fourth-order valence-corrected chi connectivity index (χ4v) is 7.82. The molecule has 0 aromatic heterocycles. The van der Waals surface area contributed by atoms with Crippen LogP contribution in [0.3, 0.4) is 0 Å². The van der Waals surface area contributed by atoms with Crippen LogP contribution in [0.15, 0.2) is 24.3 Å². The van der Waals surface area contributed by atoms with Gasteiger partial charge in [0.2, 0.25) is 0 Å². The highest BCUT2D eigenvalue weighted by Gasteiger charge is 2.16. The number of hydrogen-bond donors (Lipinski definition) is 1. The number of allylic oxidation sites excluding steroid dienone is 4. The van der Waals surface area contributed by atoms with Crippen molar-refractivity contribution in [3.05, 3.63) is 24.3 Å². The van der Waals surface area contributed by atoms with Crippen molar-refractivity contribution in [3.63, 3.8) is 0 Å². The van der Waals surface area contributed by atoms with Crippen molar-refractivity contribution in [2.45, 2.75) is 290 Å². The van der Waals surface area contributed by atoms with Crippen LogP contribution in [0.4, 0.5) is 0 Å². The average Bonchev–Trinajstić information content (AvgIpc) is 3.23. The van der Waals surface area contributed by atoms with E-state index in [2.05, 4.69) is 38.2 Å². The van der Waals surface area contributed by atoms with E-state index in [9.17, 15) is 14.7 Å². The predicted molar refractivity (Wildman–Crippen MR) is 251 cm³/mol. The molecule has 0 aliphatic carbocycles. The molecule has 1 atom stereocenters. The summed E-state index contributed by atoms with van der Waals surface area (Å²) in [5, 5.41) is 9.59. The molecule has 0 rings (SSSR count). The lowest BCUT2D eigenvalue weighted by molar-refractivity contribution is -0.161. The van der Waals surface area contributed by atoms with Gasteiger partial charge < -0.3 is 14.6 Å². The van der Waals surface area contributed by atoms with Crippen LogP contribution < -0.4 is 0 Å². The smallest absolute Gasteiger partial charge is 0.306 e. The number of carbonyl (C=O) groups is 2. The van der Waals surface area contributed by atoms with Gasteiger partial charge in [0.05, 0.1) is 6.61 Å². The van der Waals surface area contributed by atoms with Gasteiger partial charge in [-0.3, -0.25) is 9.59 Å². The van der Waals surface area contributed by atoms with Crippen molar-refractivity contribution >= 4 is 11.9 Å². The first-order valence-corrected chi connectivity index (χ1v) is 25.9. The monoisotopic (exact) mass is 817 g/mol. The van der Waals surface area contributed by atoms with E-state index in [0.29, 0.717) is 12.8 Å². The number of ether oxygens (including phenoxy) is 2. The van der Waals surface area contributed by atoms with Crippen molar-refractivity contribution in [2.75, 3.05) is 13.2 Å². The Morgan fingerprint density at radius 2 is 0.690 bits per heavy atom. The number of carbonyl (C=O) groups excluding carboxylic acids is 2. The molecule has 342 valence electrons. The molecule has 0 bridgehead atoms. The third-order valence-corrected chi connectivity index (χ3v) is 11.7. The molecule has 0 amide bonds. The Kier molecular flexibility index (Phi) is 48.4. The van der Waals surface area contributed by atoms with Gasteiger partial charge in [0.25, 0.3) is 0 Å². The van der Waals surface area contributed by atoms with E-state index in [1.165, 1.54) is 212 Å². The van der Waals surface area contributed by atoms with Gasteiger partial charge in [-0.15, -0.1) is 0 Å². The summed E-state index contributed by atoms with van der Waals surface area (Å²) < 4.78 is 10.6. The molecule has 0 aliphatic rings. The zero-order valence-corrected chi connectivity index (χ0v) is 39.1. The third-order valence-electron chi connectivity index (χ3n) is 11.7. The molecule has 0 saturated heterocycles. The van der Waals surface area contributed by atoms with E-state index in [4.69, 9.17) is 9.47 Å². The lowest BCUT2D eigenvalue weighted by Gasteiger charge is -2.15. The van der Waals surface area contributed by atoms with Gasteiger partial charge in [-0.25, -0.2) is 0 Å². The summed E-state index contributed by atoms with van der Waals surface area (Å²) in [4.78, 5) is 24.3. The molecule has 5 nitrogen and oxygen atoms in total. The van der Waals surface area contributed by atoms with Gasteiger partial charge in [-0.1, -0.05) is 250 Å². The molecule has 0 aliphatic heterocycles. The normalized spacial score (nSPS) is 12.3. The van der Waals surface area contributed by atoms with E-state index < -0.39 is 6.10 Å². The fraction of sp³-hybridized carbons (Fsp3) is 0.887. The molecular formula is C53H100O5. The zero-order chi connectivity index (χ0) is 42.1. The zero-order valence-electron chi connectivity index (χ0n) is 39.1. The van der Waals surface area contributed by atoms with E-state index in [0.717, 1.165) is 44.9 Å². The summed E-state index contributed by atoms with van der Waals surface area (Å²) >= 11 is 0. The minimum atomic E-state index is -0.764. The predicted octanol–water partition coefficient (Wildman–Crippen LogP) is 17.0. The number of esters is 2. The maximum Gasteiger partial charge on any atom is 0.306 e. The molecule has 1 N–H and O–H groups in total. The SMILES string of the molecule is CCCCCCC/C=C\C/C=C\CCCCCCCCCCCCCCCCCCCCCCCC(=O)OC(CO)COC(=O)CCCCCCCCCCCCC. The van der Waals surface area contributed by atoms with Crippen molar-refractivity contribution in [3.8, 4) is 0 Å². The molecule has 0 fully saturated rings. The van der Waals surface area contributed by atoms with Crippen molar-refractivity contribution in [1.29, 1.82) is 0 Å². The second kappa shape index (κ2) is 49.7. The maximum atomic E-state index is 12.2. The first kappa shape index (κ1) is 56.4. The second-order valence-corrected chi connectivity index (χ2v) is 17.6.